The molecule has 1 N–H and O–H groups in total. The van der Waals surface area contributed by atoms with Crippen LogP contribution in [0.15, 0.2) is 18.2 Å². The molecule has 1 heterocycles. The Morgan fingerprint density at radius 2 is 1.86 bits per heavy atom. The molecule has 2 nitrogen and oxygen atoms in total. The minimum absolute atomic E-state index is 0.128. The lowest BCUT2D eigenvalue weighted by molar-refractivity contribution is -0.185. The number of aliphatic hydroxyl groups is 1. The van der Waals surface area contributed by atoms with Gasteiger partial charge in [0.1, 0.15) is 0 Å². The molecule has 1 saturated heterocycles. The first-order valence-corrected chi connectivity index (χ1v) is 7.31. The van der Waals surface area contributed by atoms with E-state index in [1.54, 1.807) is 0 Å². The molecule has 1 fully saturated rings. The van der Waals surface area contributed by atoms with Crippen LogP contribution in [0.3, 0.4) is 0 Å². The number of aliphatic hydroxyl groups excluding tert-OH is 1. The molecule has 1 aliphatic heterocycles. The van der Waals surface area contributed by atoms with Crippen LogP contribution in [0.5, 0.6) is 0 Å². The summed E-state index contributed by atoms with van der Waals surface area (Å²) in [7, 11) is 0. The summed E-state index contributed by atoms with van der Waals surface area (Å²) in [4.78, 5) is 1.93. The number of piperidine rings is 1. The summed E-state index contributed by atoms with van der Waals surface area (Å²) in [6.07, 6.45) is -4.48. The van der Waals surface area contributed by atoms with E-state index in [1.165, 1.54) is 0 Å². The zero-order valence-corrected chi connectivity index (χ0v) is 12.5. The van der Waals surface area contributed by atoms with Gasteiger partial charge < -0.3 is 10.0 Å². The van der Waals surface area contributed by atoms with Gasteiger partial charge >= 0.3 is 6.18 Å². The maximum absolute atomic E-state index is 12.6. The molecule has 5 heteroatoms. The minimum atomic E-state index is -4.09. The molecule has 1 aromatic carbocycles. The number of hydrogen-bond acceptors (Lipinski definition) is 2. The second-order valence-corrected chi connectivity index (χ2v) is 5.99. The third-order valence-corrected chi connectivity index (χ3v) is 4.28. The lowest BCUT2D eigenvalue weighted by atomic mass is 9.95. The highest BCUT2D eigenvalue weighted by atomic mass is 19.4. The first-order valence-electron chi connectivity index (χ1n) is 7.31. The Morgan fingerprint density at radius 3 is 2.43 bits per heavy atom. The van der Waals surface area contributed by atoms with Crippen molar-refractivity contribution in [3.8, 4) is 0 Å². The molecule has 0 amide bonds. The number of hydrogen-bond donors (Lipinski definition) is 1. The van der Waals surface area contributed by atoms with Crippen molar-refractivity contribution in [1.82, 2.24) is 4.90 Å². The van der Waals surface area contributed by atoms with Crippen LogP contribution in [0.2, 0.25) is 0 Å². The van der Waals surface area contributed by atoms with Crippen LogP contribution >= 0.6 is 0 Å². The number of aryl methyl sites for hydroxylation is 2. The average molecular weight is 301 g/mol. The SMILES string of the molecule is Cc1ccc(C)c(C(O)CN2CCC(C(F)(F)F)CC2)c1. The Hall–Kier alpha value is -1.07. The zero-order chi connectivity index (χ0) is 15.6. The van der Waals surface area contributed by atoms with Crippen molar-refractivity contribution in [1.29, 1.82) is 0 Å². The van der Waals surface area contributed by atoms with Crippen molar-refractivity contribution < 1.29 is 18.3 Å². The fourth-order valence-electron chi connectivity index (χ4n) is 2.90. The molecule has 0 bridgehead atoms. The highest BCUT2D eigenvalue weighted by Gasteiger charge is 2.41. The fraction of sp³-hybridized carbons (Fsp3) is 0.625. The Balaban J connectivity index is 1.93. The standard InChI is InChI=1S/C16H22F3NO/c1-11-3-4-12(2)14(9-11)15(21)10-20-7-5-13(6-8-20)16(17,18)19/h3-4,9,13,15,21H,5-8,10H2,1-2H3. The zero-order valence-electron chi connectivity index (χ0n) is 12.5. The fourth-order valence-corrected chi connectivity index (χ4v) is 2.90. The summed E-state index contributed by atoms with van der Waals surface area (Å²) >= 11 is 0. The largest absolute Gasteiger partial charge is 0.391 e. The molecule has 1 aromatic rings. The van der Waals surface area contributed by atoms with Crippen molar-refractivity contribution in [2.24, 2.45) is 5.92 Å². The van der Waals surface area contributed by atoms with E-state index in [1.807, 2.05) is 36.9 Å². The summed E-state index contributed by atoms with van der Waals surface area (Å²) in [5, 5.41) is 10.3. The number of nitrogens with zero attached hydrogens (tertiary/aromatic N) is 1. The Bertz CT molecular complexity index is 479. The van der Waals surface area contributed by atoms with Gasteiger partial charge in [0, 0.05) is 6.54 Å². The van der Waals surface area contributed by atoms with Crippen molar-refractivity contribution >= 4 is 0 Å². The van der Waals surface area contributed by atoms with Gasteiger partial charge in [0.25, 0.3) is 0 Å². The van der Waals surface area contributed by atoms with E-state index in [0.29, 0.717) is 19.6 Å². The predicted molar refractivity (Wildman–Crippen MR) is 76.1 cm³/mol. The van der Waals surface area contributed by atoms with Crippen LogP contribution in [0.4, 0.5) is 13.2 Å². The second kappa shape index (κ2) is 6.36. The monoisotopic (exact) mass is 301 g/mol. The van der Waals surface area contributed by atoms with Gasteiger partial charge in [-0.25, -0.2) is 0 Å². The van der Waals surface area contributed by atoms with Gasteiger partial charge in [-0.15, -0.1) is 0 Å². The van der Waals surface area contributed by atoms with Crippen molar-refractivity contribution in [3.63, 3.8) is 0 Å². The second-order valence-electron chi connectivity index (χ2n) is 5.99. The molecule has 0 saturated carbocycles. The summed E-state index contributed by atoms with van der Waals surface area (Å²) in [6, 6.07) is 5.90. The van der Waals surface area contributed by atoms with Crippen LogP contribution in [0.1, 0.15) is 35.6 Å². The summed E-state index contributed by atoms with van der Waals surface area (Å²) in [5.41, 5.74) is 2.96. The smallest absolute Gasteiger partial charge is 0.387 e. The molecule has 0 radical (unpaired) electrons. The average Bonchev–Trinajstić information content (AvgIpc) is 2.41. The third-order valence-electron chi connectivity index (χ3n) is 4.28. The molecule has 0 aliphatic carbocycles. The molecule has 1 aliphatic rings. The van der Waals surface area contributed by atoms with Gasteiger partial charge in [0.15, 0.2) is 0 Å². The van der Waals surface area contributed by atoms with Gasteiger partial charge in [-0.3, -0.25) is 0 Å². The normalized spacial score (nSPS) is 19.7. The highest BCUT2D eigenvalue weighted by Crippen LogP contribution is 2.34. The molecular formula is C16H22F3NO. The van der Waals surface area contributed by atoms with Crippen LogP contribution in [-0.4, -0.2) is 35.8 Å². The Kier molecular flexibility index (Phi) is 4.94. The number of likely N-dealkylation sites (tertiary alicyclic amines) is 1. The number of β-amino-alcohol motifs (C(OH)–C–C–N with tert-alkyl or cyclic N) is 1. The lowest BCUT2D eigenvalue weighted by Gasteiger charge is -2.34. The number of halogens is 3. The topological polar surface area (TPSA) is 23.5 Å². The minimum Gasteiger partial charge on any atom is -0.387 e. The quantitative estimate of drug-likeness (QED) is 0.922. The molecular weight excluding hydrogens is 279 g/mol. The number of benzene rings is 1. The van der Waals surface area contributed by atoms with E-state index >= 15 is 0 Å². The van der Waals surface area contributed by atoms with Crippen LogP contribution in [0, 0.1) is 19.8 Å². The van der Waals surface area contributed by atoms with E-state index in [0.717, 1.165) is 16.7 Å². The van der Waals surface area contributed by atoms with Gasteiger partial charge in [-0.1, -0.05) is 23.8 Å². The van der Waals surface area contributed by atoms with E-state index in [4.69, 9.17) is 0 Å². The van der Waals surface area contributed by atoms with Crippen molar-refractivity contribution in [2.75, 3.05) is 19.6 Å². The molecule has 0 aromatic heterocycles. The molecule has 1 atom stereocenters. The number of rotatable bonds is 3. The molecule has 0 spiro atoms. The van der Waals surface area contributed by atoms with Gasteiger partial charge in [-0.05, 0) is 50.9 Å². The van der Waals surface area contributed by atoms with E-state index in [2.05, 4.69) is 0 Å². The summed E-state index contributed by atoms with van der Waals surface area (Å²) in [6.45, 7) is 5.09. The first kappa shape index (κ1) is 16.3. The van der Waals surface area contributed by atoms with Crippen LogP contribution in [-0.2, 0) is 0 Å². The molecule has 1 unspecified atom stereocenters. The van der Waals surface area contributed by atoms with E-state index in [9.17, 15) is 18.3 Å². The van der Waals surface area contributed by atoms with Crippen LogP contribution < -0.4 is 0 Å². The molecule has 21 heavy (non-hydrogen) atoms. The summed E-state index contributed by atoms with van der Waals surface area (Å²) < 4.78 is 37.9. The van der Waals surface area contributed by atoms with E-state index < -0.39 is 18.2 Å². The molecule has 118 valence electrons. The lowest BCUT2D eigenvalue weighted by Crippen LogP contribution is -2.40. The van der Waals surface area contributed by atoms with Gasteiger partial charge in [0.2, 0.25) is 0 Å². The Labute approximate surface area is 123 Å². The van der Waals surface area contributed by atoms with Gasteiger partial charge in [0.05, 0.1) is 12.0 Å². The van der Waals surface area contributed by atoms with Gasteiger partial charge in [-0.2, -0.15) is 13.2 Å². The number of alkyl halides is 3. The maximum Gasteiger partial charge on any atom is 0.391 e. The summed E-state index contributed by atoms with van der Waals surface area (Å²) in [5.74, 6) is -1.19. The van der Waals surface area contributed by atoms with Crippen molar-refractivity contribution in [3.05, 3.63) is 34.9 Å². The van der Waals surface area contributed by atoms with E-state index in [-0.39, 0.29) is 12.8 Å². The van der Waals surface area contributed by atoms with Crippen LogP contribution in [0.25, 0.3) is 0 Å². The maximum atomic E-state index is 12.6. The molecule has 2 rings (SSSR count). The van der Waals surface area contributed by atoms with Crippen molar-refractivity contribution in [2.45, 2.75) is 39.0 Å². The third kappa shape index (κ3) is 4.20. The predicted octanol–water partition coefficient (Wildman–Crippen LogP) is 3.61. The highest BCUT2D eigenvalue weighted by molar-refractivity contribution is 5.32. The first-order chi connectivity index (χ1) is 9.77. The Morgan fingerprint density at radius 1 is 1.24 bits per heavy atom.